The lowest BCUT2D eigenvalue weighted by Crippen LogP contribution is -2.08. The molecular weight excluding hydrogens is 265 g/mol. The Bertz CT molecular complexity index is 587. The molecule has 0 unspecified atom stereocenters. The Hall–Kier alpha value is -1.49. The van der Waals surface area contributed by atoms with Gasteiger partial charge in [0, 0.05) is 0 Å². The van der Waals surface area contributed by atoms with Crippen LogP contribution in [0.5, 0.6) is 0 Å². The molecule has 0 fully saturated rings. The Morgan fingerprint density at radius 3 is 2.39 bits per heavy atom. The molecule has 0 aliphatic rings. The van der Waals surface area contributed by atoms with E-state index in [9.17, 15) is 13.2 Å². The van der Waals surface area contributed by atoms with E-state index >= 15 is 0 Å². The van der Waals surface area contributed by atoms with E-state index in [-0.39, 0.29) is 10.7 Å². The number of benzene rings is 1. The van der Waals surface area contributed by atoms with Gasteiger partial charge in [-0.1, -0.05) is 23.7 Å². The van der Waals surface area contributed by atoms with Crippen molar-refractivity contribution in [2.75, 3.05) is 0 Å². The van der Waals surface area contributed by atoms with E-state index in [0.717, 1.165) is 5.56 Å². The van der Waals surface area contributed by atoms with E-state index in [1.807, 2.05) is 13.0 Å². The first kappa shape index (κ1) is 13.0. The maximum absolute atomic E-state index is 12.7. The van der Waals surface area contributed by atoms with Gasteiger partial charge in [-0.3, -0.25) is 0 Å². The van der Waals surface area contributed by atoms with Crippen molar-refractivity contribution < 1.29 is 13.2 Å². The van der Waals surface area contributed by atoms with Gasteiger partial charge < -0.3 is 0 Å². The number of rotatable bonds is 1. The predicted octanol–water partition coefficient (Wildman–Crippen LogP) is 4.16. The molecule has 0 bridgehead atoms. The third-order valence-corrected chi connectivity index (χ3v) is 3.01. The summed E-state index contributed by atoms with van der Waals surface area (Å²) in [6.45, 7) is 3.36. The number of nitrogens with zero attached hydrogens (tertiary/aromatic N) is 2. The average Bonchev–Trinajstić information content (AvgIpc) is 2.55. The minimum Gasteiger partial charge on any atom is -0.236 e. The highest BCUT2D eigenvalue weighted by molar-refractivity contribution is 6.32. The fraction of sp³-hybridized carbons (Fsp3) is 0.250. The second-order valence-electron chi connectivity index (χ2n) is 4.00. The van der Waals surface area contributed by atoms with Gasteiger partial charge in [0.25, 0.3) is 0 Å². The van der Waals surface area contributed by atoms with Crippen LogP contribution in [0.1, 0.15) is 17.0 Å². The minimum absolute atomic E-state index is 0.273. The summed E-state index contributed by atoms with van der Waals surface area (Å²) in [4.78, 5) is 0. The summed E-state index contributed by atoms with van der Waals surface area (Å²) in [6, 6.07) is 7.04. The molecule has 0 aliphatic carbocycles. The number of hydrogen-bond donors (Lipinski definition) is 0. The van der Waals surface area contributed by atoms with Crippen molar-refractivity contribution in [3.8, 4) is 5.69 Å². The number of alkyl halides is 3. The highest BCUT2D eigenvalue weighted by atomic mass is 35.5. The third kappa shape index (κ3) is 2.22. The Morgan fingerprint density at radius 2 is 1.89 bits per heavy atom. The van der Waals surface area contributed by atoms with Gasteiger partial charge in [-0.05, 0) is 31.5 Å². The van der Waals surface area contributed by atoms with Crippen LogP contribution in [-0.2, 0) is 6.18 Å². The van der Waals surface area contributed by atoms with Gasteiger partial charge in [-0.2, -0.15) is 18.3 Å². The molecule has 1 heterocycles. The number of halogens is 4. The molecule has 0 amide bonds. The first-order valence-electron chi connectivity index (χ1n) is 5.20. The number of aryl methyl sites for hydroxylation is 1. The molecule has 1 aromatic carbocycles. The van der Waals surface area contributed by atoms with Crippen molar-refractivity contribution in [2.45, 2.75) is 20.0 Å². The smallest absolute Gasteiger partial charge is 0.236 e. The summed E-state index contributed by atoms with van der Waals surface area (Å²) in [5, 5.41) is 3.19. The second-order valence-corrected chi connectivity index (χ2v) is 4.37. The van der Waals surface area contributed by atoms with Crippen molar-refractivity contribution >= 4 is 11.6 Å². The number of aromatic nitrogens is 2. The van der Waals surface area contributed by atoms with Crippen molar-refractivity contribution in [3.05, 3.63) is 46.2 Å². The molecule has 96 valence electrons. The molecule has 6 heteroatoms. The van der Waals surface area contributed by atoms with Crippen LogP contribution in [0.3, 0.4) is 0 Å². The largest absolute Gasteiger partial charge is 0.436 e. The minimum atomic E-state index is -4.54. The standard InChI is InChI=1S/C12H10ClF3N2/c1-7-4-3-5-9(6-7)18-8(2)10(13)11(17-18)12(14,15)16/h3-6H,1-2H3. The zero-order valence-electron chi connectivity index (χ0n) is 9.72. The highest BCUT2D eigenvalue weighted by Crippen LogP contribution is 2.36. The Morgan fingerprint density at radius 1 is 1.22 bits per heavy atom. The second kappa shape index (κ2) is 4.31. The van der Waals surface area contributed by atoms with Gasteiger partial charge in [0.1, 0.15) is 0 Å². The van der Waals surface area contributed by atoms with E-state index in [1.54, 1.807) is 18.2 Å². The molecule has 0 saturated heterocycles. The lowest BCUT2D eigenvalue weighted by atomic mass is 10.2. The summed E-state index contributed by atoms with van der Waals surface area (Å²) in [6.07, 6.45) is -4.54. The first-order chi connectivity index (χ1) is 8.30. The summed E-state index contributed by atoms with van der Waals surface area (Å²) in [7, 11) is 0. The molecule has 0 saturated carbocycles. The zero-order chi connectivity index (χ0) is 13.5. The van der Waals surface area contributed by atoms with E-state index in [4.69, 9.17) is 11.6 Å². The monoisotopic (exact) mass is 274 g/mol. The van der Waals surface area contributed by atoms with Crippen molar-refractivity contribution in [1.82, 2.24) is 9.78 Å². The van der Waals surface area contributed by atoms with Crippen LogP contribution in [0, 0.1) is 13.8 Å². The van der Waals surface area contributed by atoms with Crippen molar-refractivity contribution in [1.29, 1.82) is 0 Å². The van der Waals surface area contributed by atoms with Gasteiger partial charge in [-0.15, -0.1) is 0 Å². The van der Waals surface area contributed by atoms with Crippen LogP contribution < -0.4 is 0 Å². The summed E-state index contributed by atoms with van der Waals surface area (Å²) in [5.74, 6) is 0. The quantitative estimate of drug-likeness (QED) is 0.763. The van der Waals surface area contributed by atoms with Crippen LogP contribution >= 0.6 is 11.6 Å². The maximum atomic E-state index is 12.7. The van der Waals surface area contributed by atoms with Crippen LogP contribution in [0.15, 0.2) is 24.3 Å². The van der Waals surface area contributed by atoms with Crippen LogP contribution in [-0.4, -0.2) is 9.78 Å². The summed E-state index contributed by atoms with van der Waals surface area (Å²) >= 11 is 5.68. The van der Waals surface area contributed by atoms with Gasteiger partial charge >= 0.3 is 6.18 Å². The fourth-order valence-electron chi connectivity index (χ4n) is 1.68. The molecule has 0 radical (unpaired) electrons. The predicted molar refractivity (Wildman–Crippen MR) is 63.1 cm³/mol. The summed E-state index contributed by atoms with van der Waals surface area (Å²) < 4.78 is 39.2. The van der Waals surface area contributed by atoms with E-state index < -0.39 is 11.9 Å². The van der Waals surface area contributed by atoms with Crippen molar-refractivity contribution in [2.24, 2.45) is 0 Å². The molecule has 2 nitrogen and oxygen atoms in total. The van der Waals surface area contributed by atoms with Gasteiger partial charge in [0.05, 0.1) is 16.4 Å². The molecule has 2 rings (SSSR count). The van der Waals surface area contributed by atoms with E-state index in [0.29, 0.717) is 5.69 Å². The molecule has 0 spiro atoms. The lowest BCUT2D eigenvalue weighted by Gasteiger charge is -2.05. The molecule has 1 aromatic heterocycles. The number of hydrogen-bond acceptors (Lipinski definition) is 1. The Kier molecular flexibility index (Phi) is 3.11. The topological polar surface area (TPSA) is 17.8 Å². The third-order valence-electron chi connectivity index (χ3n) is 2.56. The molecule has 2 aromatic rings. The van der Waals surface area contributed by atoms with Crippen LogP contribution in [0.2, 0.25) is 5.02 Å². The molecule has 18 heavy (non-hydrogen) atoms. The maximum Gasteiger partial charge on any atom is 0.436 e. The fourth-order valence-corrected chi connectivity index (χ4v) is 1.90. The highest BCUT2D eigenvalue weighted by Gasteiger charge is 2.38. The van der Waals surface area contributed by atoms with Gasteiger partial charge in [0.2, 0.25) is 0 Å². The van der Waals surface area contributed by atoms with Crippen LogP contribution in [0.4, 0.5) is 13.2 Å². The SMILES string of the molecule is Cc1cccc(-n2nc(C(F)(F)F)c(Cl)c2C)c1. The average molecular weight is 275 g/mol. The van der Waals surface area contributed by atoms with Gasteiger partial charge in [0.15, 0.2) is 5.69 Å². The Labute approximate surface area is 107 Å². The molecule has 0 N–H and O–H groups in total. The van der Waals surface area contributed by atoms with E-state index in [2.05, 4.69) is 5.10 Å². The van der Waals surface area contributed by atoms with Crippen molar-refractivity contribution in [3.63, 3.8) is 0 Å². The van der Waals surface area contributed by atoms with Gasteiger partial charge in [-0.25, -0.2) is 4.68 Å². The molecule has 0 aliphatic heterocycles. The summed E-state index contributed by atoms with van der Waals surface area (Å²) in [5.41, 5.74) is 0.717. The molecule has 0 atom stereocenters. The normalized spacial score (nSPS) is 11.9. The van der Waals surface area contributed by atoms with Crippen LogP contribution in [0.25, 0.3) is 5.69 Å². The zero-order valence-corrected chi connectivity index (χ0v) is 10.5. The lowest BCUT2D eigenvalue weighted by molar-refractivity contribution is -0.141. The first-order valence-corrected chi connectivity index (χ1v) is 5.58. The Balaban J connectivity index is 2.60. The molecular formula is C12H10ClF3N2. The van der Waals surface area contributed by atoms with E-state index in [1.165, 1.54) is 11.6 Å².